The van der Waals surface area contributed by atoms with E-state index in [9.17, 15) is 49.2 Å². The van der Waals surface area contributed by atoms with Crippen LogP contribution in [0.5, 0.6) is 0 Å². The summed E-state index contributed by atoms with van der Waals surface area (Å²) >= 11 is 0. The molecule has 1 aliphatic rings. The number of carbonyl (C=O) groups excluding carboxylic acids is 6. The first-order chi connectivity index (χ1) is 49.4. The topological polar surface area (TPSA) is 334 Å². The number of rotatable bonds is 32. The van der Waals surface area contributed by atoms with E-state index in [-0.39, 0.29) is 86.6 Å². The highest BCUT2D eigenvalue weighted by molar-refractivity contribution is 5.81. The molecule has 26 heteroatoms. The third-order valence-corrected chi connectivity index (χ3v) is 20.2. The summed E-state index contributed by atoms with van der Waals surface area (Å²) in [6, 6.07) is 0. The van der Waals surface area contributed by atoms with Crippen molar-refractivity contribution in [3.05, 3.63) is 109 Å². The molecule has 18 atom stereocenters. The summed E-state index contributed by atoms with van der Waals surface area (Å²) in [5.41, 5.74) is -1.47. The van der Waals surface area contributed by atoms with Gasteiger partial charge in [-0.25, -0.2) is 9.97 Å². The number of hydrogen-bond donors (Lipinski definition) is 4. The van der Waals surface area contributed by atoms with E-state index in [0.29, 0.717) is 62.7 Å². The van der Waals surface area contributed by atoms with Crippen molar-refractivity contribution in [3.63, 3.8) is 0 Å². The second-order valence-corrected chi connectivity index (χ2v) is 28.5. The van der Waals surface area contributed by atoms with Gasteiger partial charge in [-0.2, -0.15) is 0 Å². The molecule has 0 aliphatic carbocycles. The number of aliphatic hydroxyl groups excluding tert-OH is 4. The Morgan fingerprint density at radius 2 is 0.904 bits per heavy atom. The Morgan fingerprint density at radius 1 is 0.548 bits per heavy atom. The van der Waals surface area contributed by atoms with Crippen LogP contribution in [0, 0.1) is 34.5 Å². The maximum absolute atomic E-state index is 14.1. The number of ketones is 2. The van der Waals surface area contributed by atoms with Crippen LogP contribution < -0.4 is 0 Å². The lowest BCUT2D eigenvalue weighted by Crippen LogP contribution is -2.46. The van der Waals surface area contributed by atoms with E-state index in [1.54, 1.807) is 117 Å². The standard InChI is InChI=1S/C78H124N4O22/c1-51(33-35-61(87)53(3)63(95-13)31-25-37-81(9)49-83)67(99-17)43-71-77(5,6)69(89)45-73-79-59(47-101-73)65(97-15)29-23-20-22-28-58(94-12)40-56(86)42-76(92)104-72(44-68(100-18)52(2)34-36-62(88)54(4)64(96-14)32-26-38-82(10)50-84)78(7,8)70(90)46-74-80-60(48-102-74)66(98-16)30-24-19-21-27-57(93-11)39-55(85)41-75(91)103-71/h19-28,37-38,47-58,63-72,85-86,89-90H,29-36,39-46H2,1-18H3/t51-,52+,53-,54-,55-,56-,57-,58-,63+,64+,65-,66-,67-,68-,69+,70-,71-,72-/m0/s1. The summed E-state index contributed by atoms with van der Waals surface area (Å²) in [7, 11) is 15.4. The molecule has 3 rings (SSSR count). The molecule has 0 fully saturated rings. The summed E-state index contributed by atoms with van der Waals surface area (Å²) in [5, 5.41) is 47.1. The second-order valence-electron chi connectivity index (χ2n) is 28.5. The number of ether oxygens (including phenoxy) is 10. The van der Waals surface area contributed by atoms with Crippen molar-refractivity contribution < 1.29 is 105 Å². The Bertz CT molecular complexity index is 2810. The Labute approximate surface area is 616 Å². The number of Topliss-reactive ketones (excluding diaryl/α,β-unsaturated/α-hetero) is 2. The van der Waals surface area contributed by atoms with Crippen LogP contribution in [0.25, 0.3) is 0 Å². The van der Waals surface area contributed by atoms with Crippen molar-refractivity contribution in [2.75, 3.05) is 71.0 Å². The molecule has 0 saturated heterocycles. The maximum atomic E-state index is 14.1. The van der Waals surface area contributed by atoms with Crippen molar-refractivity contribution in [1.29, 1.82) is 0 Å². The molecule has 0 unspecified atom stereocenters. The monoisotopic (exact) mass is 1470 g/mol. The van der Waals surface area contributed by atoms with Gasteiger partial charge in [0.15, 0.2) is 11.8 Å². The van der Waals surface area contributed by atoms with Crippen LogP contribution >= 0.6 is 0 Å². The molecule has 588 valence electrons. The van der Waals surface area contributed by atoms with Gasteiger partial charge in [-0.15, -0.1) is 0 Å². The minimum atomic E-state index is -1.21. The predicted molar refractivity (Wildman–Crippen MR) is 390 cm³/mol. The van der Waals surface area contributed by atoms with E-state index in [1.807, 2.05) is 39.8 Å². The summed E-state index contributed by atoms with van der Waals surface area (Å²) in [4.78, 5) is 89.7. The van der Waals surface area contributed by atoms with E-state index < -0.39 is 133 Å². The third-order valence-electron chi connectivity index (χ3n) is 20.2. The van der Waals surface area contributed by atoms with Crippen LogP contribution in [0.15, 0.2) is 94.5 Å². The molecule has 4 N–H and O–H groups in total. The Hall–Kier alpha value is -6.40. The molecule has 0 radical (unpaired) electrons. The number of fused-ring (bicyclic) bond motifs is 4. The van der Waals surface area contributed by atoms with Crippen LogP contribution in [0.4, 0.5) is 0 Å². The largest absolute Gasteiger partial charge is 0.462 e. The van der Waals surface area contributed by atoms with E-state index in [2.05, 4.69) is 0 Å². The summed E-state index contributed by atoms with van der Waals surface area (Å²) < 4.78 is 70.9. The molecule has 3 heterocycles. The number of aromatic nitrogens is 2. The van der Waals surface area contributed by atoms with E-state index in [0.717, 1.165) is 0 Å². The number of esters is 2. The molecule has 0 aromatic carbocycles. The quantitative estimate of drug-likeness (QED) is 0.0391. The molecule has 1 aliphatic heterocycles. The Balaban J connectivity index is 1.99. The molecule has 104 heavy (non-hydrogen) atoms. The van der Waals surface area contributed by atoms with Crippen molar-refractivity contribution in [1.82, 2.24) is 19.8 Å². The van der Waals surface area contributed by atoms with Gasteiger partial charge in [-0.3, -0.25) is 28.8 Å². The van der Waals surface area contributed by atoms with Crippen molar-refractivity contribution >= 4 is 36.3 Å². The van der Waals surface area contributed by atoms with Crippen LogP contribution in [0.3, 0.4) is 0 Å². The van der Waals surface area contributed by atoms with Gasteiger partial charge >= 0.3 is 11.9 Å². The average molecular weight is 1470 g/mol. The molecule has 0 saturated carbocycles. The van der Waals surface area contributed by atoms with Gasteiger partial charge < -0.3 is 86.4 Å². The van der Waals surface area contributed by atoms with Gasteiger partial charge in [0.2, 0.25) is 12.8 Å². The highest BCUT2D eigenvalue weighted by atomic mass is 16.6. The van der Waals surface area contributed by atoms with Gasteiger partial charge in [0.25, 0.3) is 0 Å². The Kier molecular flexibility index (Phi) is 42.4. The number of nitrogens with zero attached hydrogens (tertiary/aromatic N) is 4. The minimum Gasteiger partial charge on any atom is -0.462 e. The molecule has 0 spiro atoms. The smallest absolute Gasteiger partial charge is 0.308 e. The lowest BCUT2D eigenvalue weighted by Gasteiger charge is -2.40. The first-order valence-electron chi connectivity index (χ1n) is 36.0. The normalized spacial score (nSPS) is 25.7. The number of methoxy groups -OCH3 is 8. The lowest BCUT2D eigenvalue weighted by molar-refractivity contribution is -0.169. The van der Waals surface area contributed by atoms with Crippen LogP contribution in [0.1, 0.15) is 181 Å². The van der Waals surface area contributed by atoms with Crippen LogP contribution in [0.2, 0.25) is 0 Å². The summed E-state index contributed by atoms with van der Waals surface area (Å²) in [6.07, 6.45) is 16.1. The zero-order chi connectivity index (χ0) is 77.7. The number of allylic oxidation sites excluding steroid dienone is 4. The molecule has 2 aromatic rings. The number of oxazole rings is 2. The second kappa shape index (κ2) is 48.0. The van der Waals surface area contributed by atoms with Crippen molar-refractivity contribution in [2.45, 2.75) is 244 Å². The van der Waals surface area contributed by atoms with Gasteiger partial charge in [0.1, 0.15) is 59.9 Å². The van der Waals surface area contributed by atoms with Crippen molar-refractivity contribution in [2.24, 2.45) is 34.5 Å². The number of cyclic esters (lactones) is 2. The fourth-order valence-corrected chi connectivity index (χ4v) is 12.4. The highest BCUT2D eigenvalue weighted by Gasteiger charge is 2.44. The van der Waals surface area contributed by atoms with E-state index >= 15 is 0 Å². The molecular weight excluding hydrogens is 1340 g/mol. The SMILES string of the molecule is CO[C@H]1CC=CC=C[C@H](OC)C[C@H](O)CC(=O)O[C@@H](C[C@H](OC)[C@H](C)CCC(=O)[C@H](C)[C@@H](CC=CN(C)C=O)OC)C(C)(C)[C@@H](O)Cc2nc(co2)[C@@H](OC)CC=CC=C[C@H](OC)C[C@H](O)CC(=O)O[C@@H](C[C@H](OC)[C@@H](C)CCC(=O)[C@H](C)[C@@H](CC=CN(C)C=O)OC)C(C)(C)[C@H](O)Cc2nc1co2. The zero-order valence-corrected chi connectivity index (χ0v) is 64.9. The van der Waals surface area contributed by atoms with Crippen molar-refractivity contribution in [3.8, 4) is 0 Å². The van der Waals surface area contributed by atoms with Gasteiger partial charge in [0.05, 0.1) is 86.7 Å². The van der Waals surface area contributed by atoms with E-state index in [4.69, 9.17) is 66.2 Å². The molecule has 4 bridgehead atoms. The number of hydrogen-bond acceptors (Lipinski definition) is 24. The molecule has 2 aromatic heterocycles. The molecular formula is C78H124N4O22. The number of aliphatic hydroxyl groups is 4. The zero-order valence-electron chi connectivity index (χ0n) is 64.9. The first kappa shape index (κ1) is 91.8. The van der Waals surface area contributed by atoms with Crippen LogP contribution in [-0.2, 0) is 89.0 Å². The van der Waals surface area contributed by atoms with E-state index in [1.165, 1.54) is 65.0 Å². The number of carbonyl (C=O) groups is 6. The van der Waals surface area contributed by atoms with Gasteiger partial charge in [0, 0.05) is 145 Å². The number of amides is 2. The highest BCUT2D eigenvalue weighted by Crippen LogP contribution is 2.38. The minimum absolute atomic E-state index is 0.0193. The predicted octanol–water partition coefficient (Wildman–Crippen LogP) is 9.82. The van der Waals surface area contributed by atoms with Gasteiger partial charge in [-0.1, -0.05) is 116 Å². The maximum Gasteiger partial charge on any atom is 0.308 e. The molecule has 26 nitrogen and oxygen atoms in total. The van der Waals surface area contributed by atoms with Crippen LogP contribution in [-0.4, -0.2) is 221 Å². The average Bonchev–Trinajstić information content (AvgIpc) is 1.15. The van der Waals surface area contributed by atoms with Gasteiger partial charge in [-0.05, 0) is 50.4 Å². The summed E-state index contributed by atoms with van der Waals surface area (Å²) in [5.74, 6) is -2.49. The first-order valence-corrected chi connectivity index (χ1v) is 36.0. The fourth-order valence-electron chi connectivity index (χ4n) is 12.4. The lowest BCUT2D eigenvalue weighted by atomic mass is 9.75. The fraction of sp³-hybridized carbons (Fsp3) is 0.692. The Morgan fingerprint density at radius 3 is 1.22 bits per heavy atom. The summed E-state index contributed by atoms with van der Waals surface area (Å²) in [6.45, 7) is 14.6. The molecule has 2 amide bonds. The third kappa shape index (κ3) is 31.2.